The number of thiophene rings is 1. The lowest BCUT2D eigenvalue weighted by atomic mass is 10.0. The molecule has 196 valence electrons. The van der Waals surface area contributed by atoms with E-state index in [2.05, 4.69) is 22.2 Å². The number of carbonyl (C=O) groups is 3. The molecule has 2 aromatic heterocycles. The zero-order chi connectivity index (χ0) is 27.1. The highest BCUT2D eigenvalue weighted by Gasteiger charge is 2.34. The van der Waals surface area contributed by atoms with Crippen molar-refractivity contribution in [1.29, 1.82) is 0 Å². The van der Waals surface area contributed by atoms with Crippen molar-refractivity contribution in [2.45, 2.75) is 18.9 Å². The second kappa shape index (κ2) is 9.95. The highest BCUT2D eigenvalue weighted by molar-refractivity contribution is 7.21. The molecular weight excluding hydrogens is 517 g/mol. The van der Waals surface area contributed by atoms with Crippen LogP contribution in [0.2, 0.25) is 0 Å². The average molecular weight is 542 g/mol. The van der Waals surface area contributed by atoms with Crippen LogP contribution < -0.4 is 15.5 Å². The Bertz CT molecular complexity index is 1650. The van der Waals surface area contributed by atoms with Gasteiger partial charge in [0.15, 0.2) is 0 Å². The van der Waals surface area contributed by atoms with E-state index in [-0.39, 0.29) is 23.7 Å². The lowest BCUT2D eigenvalue weighted by Gasteiger charge is -2.32. The van der Waals surface area contributed by atoms with Crippen molar-refractivity contribution < 1.29 is 18.8 Å². The maximum Gasteiger partial charge on any atom is 0.331 e. The number of piperidine rings is 1. The van der Waals surface area contributed by atoms with Crippen molar-refractivity contribution in [3.8, 4) is 11.1 Å². The molecule has 1 atom stereocenters. The first-order valence-electron chi connectivity index (χ1n) is 12.5. The third kappa shape index (κ3) is 4.52. The van der Waals surface area contributed by atoms with Gasteiger partial charge < -0.3 is 15.5 Å². The van der Waals surface area contributed by atoms with Crippen LogP contribution in [-0.4, -0.2) is 46.9 Å². The molecule has 0 saturated carbocycles. The Kier molecular flexibility index (Phi) is 6.32. The number of pyridine rings is 1. The van der Waals surface area contributed by atoms with Crippen LogP contribution in [0, 0.1) is 5.82 Å². The Morgan fingerprint density at radius 3 is 2.74 bits per heavy atom. The quantitative estimate of drug-likeness (QED) is 0.317. The summed E-state index contributed by atoms with van der Waals surface area (Å²) in [6.45, 7) is 4.58. The molecule has 2 aromatic carbocycles. The summed E-state index contributed by atoms with van der Waals surface area (Å²) in [4.78, 5) is 47.6. The number of likely N-dealkylation sites (tertiary alicyclic amines) is 1. The molecule has 2 aliphatic rings. The molecule has 1 unspecified atom stereocenters. The smallest absolute Gasteiger partial charge is 0.331 e. The van der Waals surface area contributed by atoms with Crippen LogP contribution in [0.4, 0.5) is 26.2 Å². The Labute approximate surface area is 227 Å². The van der Waals surface area contributed by atoms with Gasteiger partial charge in [0.25, 0.3) is 5.91 Å². The number of nitrogens with zero attached hydrogens (tertiary/aromatic N) is 3. The topological polar surface area (TPSA) is 94.6 Å². The van der Waals surface area contributed by atoms with Crippen LogP contribution in [-0.2, 0) is 4.79 Å². The van der Waals surface area contributed by atoms with E-state index in [1.165, 1.54) is 34.4 Å². The normalized spacial score (nSPS) is 16.6. The van der Waals surface area contributed by atoms with Crippen molar-refractivity contribution in [2.24, 2.45) is 0 Å². The number of hydrogen-bond donors (Lipinski definition) is 2. The number of benzene rings is 2. The first-order valence-corrected chi connectivity index (χ1v) is 13.4. The van der Waals surface area contributed by atoms with Gasteiger partial charge >= 0.3 is 6.03 Å². The van der Waals surface area contributed by atoms with E-state index >= 15 is 0 Å². The fourth-order valence-electron chi connectivity index (χ4n) is 5.17. The van der Waals surface area contributed by atoms with Gasteiger partial charge in [0.05, 0.1) is 22.4 Å². The zero-order valence-corrected chi connectivity index (χ0v) is 21.6. The van der Waals surface area contributed by atoms with E-state index in [1.807, 2.05) is 24.3 Å². The molecule has 4 heterocycles. The number of nitrogens with one attached hydrogen (secondary N) is 2. The van der Waals surface area contributed by atoms with Crippen molar-refractivity contribution in [1.82, 2.24) is 15.2 Å². The van der Waals surface area contributed by atoms with Crippen LogP contribution in [0.25, 0.3) is 21.3 Å². The van der Waals surface area contributed by atoms with E-state index in [1.54, 1.807) is 29.3 Å². The predicted octanol–water partition coefficient (Wildman–Crippen LogP) is 5.69. The first kappa shape index (κ1) is 24.7. The number of hydrogen-bond acceptors (Lipinski definition) is 5. The third-order valence-corrected chi connectivity index (χ3v) is 8.05. The Balaban J connectivity index is 1.33. The predicted molar refractivity (Wildman–Crippen MR) is 150 cm³/mol. The van der Waals surface area contributed by atoms with Crippen LogP contribution in [0.3, 0.4) is 0 Å². The molecule has 0 radical (unpaired) electrons. The Morgan fingerprint density at radius 2 is 1.95 bits per heavy atom. The lowest BCUT2D eigenvalue weighted by molar-refractivity contribution is -0.127. The molecule has 4 amide bonds. The summed E-state index contributed by atoms with van der Waals surface area (Å²) in [5.41, 5.74) is 3.08. The van der Waals surface area contributed by atoms with Crippen LogP contribution in [0.5, 0.6) is 0 Å². The van der Waals surface area contributed by atoms with E-state index < -0.39 is 6.03 Å². The summed E-state index contributed by atoms with van der Waals surface area (Å²) in [6, 6.07) is 14.7. The van der Waals surface area contributed by atoms with Gasteiger partial charge in [-0.05, 0) is 60.4 Å². The van der Waals surface area contributed by atoms with Crippen molar-refractivity contribution >= 4 is 56.5 Å². The lowest BCUT2D eigenvalue weighted by Crippen LogP contribution is -2.49. The van der Waals surface area contributed by atoms with Gasteiger partial charge in [-0.2, -0.15) is 0 Å². The molecule has 4 aromatic rings. The minimum absolute atomic E-state index is 0.159. The van der Waals surface area contributed by atoms with Gasteiger partial charge in [-0.1, -0.05) is 30.8 Å². The molecule has 0 bridgehead atoms. The fourth-order valence-corrected chi connectivity index (χ4v) is 6.19. The molecule has 0 aliphatic carbocycles. The first-order chi connectivity index (χ1) is 18.9. The SMILES string of the molecule is C=CC(=O)N1CCCC(NC(=O)c2sc3nccc4c3c2NC(=O)N4c2cccc(-c3cccc(F)c3)c2)C1. The summed E-state index contributed by atoms with van der Waals surface area (Å²) < 4.78 is 13.8. The highest BCUT2D eigenvalue weighted by Crippen LogP contribution is 2.46. The van der Waals surface area contributed by atoms with Crippen molar-refractivity contribution in [3.63, 3.8) is 0 Å². The summed E-state index contributed by atoms with van der Waals surface area (Å²) in [5, 5.41) is 6.61. The molecule has 10 heteroatoms. The monoisotopic (exact) mass is 541 g/mol. The Morgan fingerprint density at radius 1 is 1.15 bits per heavy atom. The number of rotatable bonds is 5. The maximum atomic E-state index is 13.8. The van der Waals surface area contributed by atoms with Gasteiger partial charge in [0.1, 0.15) is 15.5 Å². The van der Waals surface area contributed by atoms with E-state index in [4.69, 9.17) is 0 Å². The number of urea groups is 1. The standard InChI is InChI=1S/C29H24FN5O3S/c1-2-23(36)34-13-5-9-20(16-34)32-27(37)26-25-24-22(11-12-31-28(24)39-26)35(29(38)33-25)21-10-4-7-18(15-21)17-6-3-8-19(30)14-17/h2-4,6-8,10-12,14-15,20H,1,5,9,13,16H2,(H,32,37)(H,33,38). The number of amides is 4. The van der Waals surface area contributed by atoms with Gasteiger partial charge in [-0.15, -0.1) is 11.3 Å². The minimum Gasteiger partial charge on any atom is -0.347 e. The van der Waals surface area contributed by atoms with E-state index in [9.17, 15) is 18.8 Å². The second-order valence-electron chi connectivity index (χ2n) is 9.44. The molecule has 8 nitrogen and oxygen atoms in total. The minimum atomic E-state index is -0.417. The largest absolute Gasteiger partial charge is 0.347 e. The van der Waals surface area contributed by atoms with Gasteiger partial charge in [0, 0.05) is 25.3 Å². The Hall–Kier alpha value is -4.57. The maximum absolute atomic E-state index is 13.8. The van der Waals surface area contributed by atoms with Crippen LogP contribution in [0.1, 0.15) is 22.5 Å². The average Bonchev–Trinajstić information content (AvgIpc) is 3.32. The molecule has 2 aliphatic heterocycles. The molecule has 1 saturated heterocycles. The van der Waals surface area contributed by atoms with Gasteiger partial charge in [-0.25, -0.2) is 14.2 Å². The number of carbonyl (C=O) groups excluding carboxylic acids is 3. The van der Waals surface area contributed by atoms with Crippen molar-refractivity contribution in [3.05, 3.63) is 84.1 Å². The molecule has 0 spiro atoms. The molecular formula is C29H24FN5O3S. The molecule has 6 rings (SSSR count). The van der Waals surface area contributed by atoms with E-state index in [0.29, 0.717) is 50.8 Å². The number of aromatic nitrogens is 1. The highest BCUT2D eigenvalue weighted by atomic mass is 32.1. The van der Waals surface area contributed by atoms with Crippen LogP contribution >= 0.6 is 11.3 Å². The van der Waals surface area contributed by atoms with Crippen LogP contribution in [0.15, 0.2) is 73.4 Å². The fraction of sp³-hybridized carbons (Fsp3) is 0.172. The summed E-state index contributed by atoms with van der Waals surface area (Å²) in [6.07, 6.45) is 4.41. The number of halogens is 1. The van der Waals surface area contributed by atoms with E-state index in [0.717, 1.165) is 18.4 Å². The second-order valence-corrected chi connectivity index (χ2v) is 10.4. The third-order valence-electron chi connectivity index (χ3n) is 6.96. The molecule has 39 heavy (non-hydrogen) atoms. The molecule has 1 fully saturated rings. The van der Waals surface area contributed by atoms with Gasteiger partial charge in [-0.3, -0.25) is 14.5 Å². The number of anilines is 3. The zero-order valence-electron chi connectivity index (χ0n) is 20.8. The molecule has 2 N–H and O–H groups in total. The van der Waals surface area contributed by atoms with Crippen molar-refractivity contribution in [2.75, 3.05) is 23.3 Å². The summed E-state index contributed by atoms with van der Waals surface area (Å²) >= 11 is 1.21. The summed E-state index contributed by atoms with van der Waals surface area (Å²) in [7, 11) is 0. The summed E-state index contributed by atoms with van der Waals surface area (Å²) in [5.74, 6) is -0.821. The van der Waals surface area contributed by atoms with Gasteiger partial charge in [0.2, 0.25) is 5.91 Å².